The Morgan fingerprint density at radius 1 is 1.14 bits per heavy atom. The van der Waals surface area contributed by atoms with Crippen molar-refractivity contribution in [1.29, 1.82) is 5.26 Å². The van der Waals surface area contributed by atoms with Crippen molar-refractivity contribution in [2.45, 2.75) is 13.3 Å². The first-order chi connectivity index (χ1) is 13.7. The molecule has 0 aliphatic carbocycles. The minimum atomic E-state index is -3.75. The maximum Gasteiger partial charge on any atom is 0.275 e. The molecule has 1 amide bonds. The summed E-state index contributed by atoms with van der Waals surface area (Å²) in [6, 6.07) is 15.3. The molecule has 29 heavy (non-hydrogen) atoms. The van der Waals surface area contributed by atoms with Crippen LogP contribution in [0, 0.1) is 17.1 Å². The van der Waals surface area contributed by atoms with Gasteiger partial charge in [0.1, 0.15) is 16.8 Å². The Morgan fingerprint density at radius 3 is 2.31 bits per heavy atom. The summed E-state index contributed by atoms with van der Waals surface area (Å²) in [5, 5.41) is 9.65. The van der Waals surface area contributed by atoms with Gasteiger partial charge in [-0.15, -0.1) is 11.3 Å². The number of amides is 1. The van der Waals surface area contributed by atoms with E-state index in [-0.39, 0.29) is 10.7 Å². The van der Waals surface area contributed by atoms with Gasteiger partial charge in [-0.25, -0.2) is 17.5 Å². The van der Waals surface area contributed by atoms with Gasteiger partial charge in [0.15, 0.2) is 0 Å². The number of nitrogens with one attached hydrogen (secondary N) is 1. The molecule has 0 atom stereocenters. The summed E-state index contributed by atoms with van der Waals surface area (Å²) >= 11 is 1.10. The quantitative estimate of drug-likeness (QED) is 0.655. The van der Waals surface area contributed by atoms with Crippen LogP contribution < -0.4 is 4.72 Å². The van der Waals surface area contributed by atoms with Crippen LogP contribution in [0.5, 0.6) is 0 Å². The Bertz CT molecular complexity index is 1220. The van der Waals surface area contributed by atoms with Crippen LogP contribution >= 0.6 is 11.3 Å². The largest absolute Gasteiger partial charge is 0.275 e. The minimum absolute atomic E-state index is 0.155. The first-order valence-corrected chi connectivity index (χ1v) is 11.4. The fourth-order valence-corrected chi connectivity index (χ4v) is 4.62. The number of carbonyl (C=O) groups is 1. The minimum Gasteiger partial charge on any atom is -0.267 e. The molecule has 1 N–H and O–H groups in total. The van der Waals surface area contributed by atoms with Crippen molar-refractivity contribution in [3.63, 3.8) is 0 Å². The third-order valence-corrected chi connectivity index (χ3v) is 6.15. The van der Waals surface area contributed by atoms with E-state index < -0.39 is 15.9 Å². The second-order valence-corrected chi connectivity index (χ2v) is 9.18. The molecular formula is C21H17FN2O3S2. The first-order valence-electron chi connectivity index (χ1n) is 8.68. The lowest BCUT2D eigenvalue weighted by molar-refractivity contribution is 0.0986. The SMILES string of the molecule is CCc1sc(C(=O)NS(C)(=O)=O)c(-c2ccc(-c3ccccc3F)cc2)c1C#N. The number of carbonyl (C=O) groups excluding carboxylic acids is 1. The number of sulfonamides is 1. The maximum atomic E-state index is 14.0. The molecule has 1 aromatic heterocycles. The number of hydrogen-bond donors (Lipinski definition) is 1. The van der Waals surface area contributed by atoms with Crippen LogP contribution in [0.3, 0.4) is 0 Å². The molecule has 0 aliphatic rings. The summed E-state index contributed by atoms with van der Waals surface area (Å²) in [7, 11) is -3.75. The van der Waals surface area contributed by atoms with Gasteiger partial charge in [0.05, 0.1) is 11.8 Å². The summed E-state index contributed by atoms with van der Waals surface area (Å²) in [5.41, 5.74) is 2.40. The molecule has 8 heteroatoms. The molecule has 2 aromatic carbocycles. The van der Waals surface area contributed by atoms with Crippen molar-refractivity contribution < 1.29 is 17.6 Å². The Kier molecular flexibility index (Phi) is 5.82. The van der Waals surface area contributed by atoms with E-state index in [1.54, 1.807) is 42.5 Å². The summed E-state index contributed by atoms with van der Waals surface area (Å²) in [4.78, 5) is 13.4. The van der Waals surface area contributed by atoms with Gasteiger partial charge < -0.3 is 0 Å². The van der Waals surface area contributed by atoms with Crippen molar-refractivity contribution in [1.82, 2.24) is 4.72 Å². The highest BCUT2D eigenvalue weighted by molar-refractivity contribution is 7.89. The van der Waals surface area contributed by atoms with Gasteiger partial charge in [-0.2, -0.15) is 5.26 Å². The van der Waals surface area contributed by atoms with Gasteiger partial charge >= 0.3 is 0 Å². The molecule has 0 radical (unpaired) electrons. The molecule has 1 heterocycles. The number of nitriles is 1. The standard InChI is InChI=1S/C21H17FN2O3S2/c1-3-18-16(12-23)19(20(28-18)21(25)24-29(2,26)27)14-10-8-13(9-11-14)15-6-4-5-7-17(15)22/h4-11H,3H2,1-2H3,(H,24,25). The predicted molar refractivity (Wildman–Crippen MR) is 112 cm³/mol. The Labute approximate surface area is 172 Å². The second-order valence-electron chi connectivity index (χ2n) is 6.33. The number of nitrogens with zero attached hydrogens (tertiary/aromatic N) is 1. The van der Waals surface area contributed by atoms with Crippen LogP contribution in [0.15, 0.2) is 48.5 Å². The lowest BCUT2D eigenvalue weighted by atomic mass is 9.97. The highest BCUT2D eigenvalue weighted by Crippen LogP contribution is 2.38. The Hall–Kier alpha value is -3.02. The molecule has 5 nitrogen and oxygen atoms in total. The molecule has 148 valence electrons. The fourth-order valence-electron chi connectivity index (χ4n) is 3.01. The maximum absolute atomic E-state index is 14.0. The van der Waals surface area contributed by atoms with Crippen molar-refractivity contribution in [3.05, 3.63) is 69.7 Å². The van der Waals surface area contributed by atoms with E-state index in [0.29, 0.717) is 39.1 Å². The summed E-state index contributed by atoms with van der Waals surface area (Å²) in [6.45, 7) is 1.86. The molecule has 0 bridgehead atoms. The van der Waals surface area contributed by atoms with E-state index in [9.17, 15) is 22.9 Å². The summed E-state index contributed by atoms with van der Waals surface area (Å²) in [5.74, 6) is -1.13. The Balaban J connectivity index is 2.12. The highest BCUT2D eigenvalue weighted by Gasteiger charge is 2.25. The first kappa shape index (κ1) is 20.7. The van der Waals surface area contributed by atoms with Gasteiger partial charge in [0.2, 0.25) is 10.0 Å². The lowest BCUT2D eigenvalue weighted by Crippen LogP contribution is -2.29. The van der Waals surface area contributed by atoms with Crippen LogP contribution in [-0.4, -0.2) is 20.6 Å². The smallest absolute Gasteiger partial charge is 0.267 e. The van der Waals surface area contributed by atoms with Gasteiger partial charge in [-0.3, -0.25) is 4.79 Å². The van der Waals surface area contributed by atoms with Crippen LogP contribution in [0.2, 0.25) is 0 Å². The number of thiophene rings is 1. The normalized spacial score (nSPS) is 11.1. The zero-order valence-electron chi connectivity index (χ0n) is 15.7. The van der Waals surface area contributed by atoms with Crippen molar-refractivity contribution in [2.75, 3.05) is 6.26 Å². The van der Waals surface area contributed by atoms with E-state index in [1.807, 2.05) is 11.6 Å². The third kappa shape index (κ3) is 4.36. The van der Waals surface area contributed by atoms with Gasteiger partial charge in [0.25, 0.3) is 5.91 Å². The average molecular weight is 429 g/mol. The summed E-state index contributed by atoms with van der Waals surface area (Å²) in [6.07, 6.45) is 1.42. The second kappa shape index (κ2) is 8.15. The molecule has 0 fully saturated rings. The van der Waals surface area contributed by atoms with Crippen LogP contribution in [0.25, 0.3) is 22.3 Å². The number of halogens is 1. The van der Waals surface area contributed by atoms with E-state index in [4.69, 9.17) is 0 Å². The van der Waals surface area contributed by atoms with Gasteiger partial charge in [0, 0.05) is 16.0 Å². The molecule has 0 spiro atoms. The highest BCUT2D eigenvalue weighted by atomic mass is 32.2. The van der Waals surface area contributed by atoms with Crippen molar-refractivity contribution >= 4 is 27.3 Å². The molecule has 0 unspecified atom stereocenters. The topological polar surface area (TPSA) is 87.0 Å². The fraction of sp³-hybridized carbons (Fsp3) is 0.143. The number of benzene rings is 2. The zero-order chi connectivity index (χ0) is 21.2. The number of aryl methyl sites for hydroxylation is 1. The van der Waals surface area contributed by atoms with E-state index in [2.05, 4.69) is 6.07 Å². The van der Waals surface area contributed by atoms with E-state index in [1.165, 1.54) is 6.07 Å². The lowest BCUT2D eigenvalue weighted by Gasteiger charge is -2.08. The average Bonchev–Trinajstić information content (AvgIpc) is 3.06. The Morgan fingerprint density at radius 2 is 1.76 bits per heavy atom. The van der Waals surface area contributed by atoms with Gasteiger partial charge in [-0.05, 0) is 23.6 Å². The molecule has 3 aromatic rings. The van der Waals surface area contributed by atoms with E-state index >= 15 is 0 Å². The molecular weight excluding hydrogens is 411 g/mol. The third-order valence-electron chi connectivity index (χ3n) is 4.26. The molecule has 0 saturated carbocycles. The zero-order valence-corrected chi connectivity index (χ0v) is 17.3. The van der Waals surface area contributed by atoms with Crippen LogP contribution in [-0.2, 0) is 16.4 Å². The molecule has 0 saturated heterocycles. The molecule has 0 aliphatic heterocycles. The number of hydrogen-bond acceptors (Lipinski definition) is 5. The molecule has 3 rings (SSSR count). The van der Waals surface area contributed by atoms with Crippen LogP contribution in [0.4, 0.5) is 4.39 Å². The van der Waals surface area contributed by atoms with Gasteiger partial charge in [-0.1, -0.05) is 49.4 Å². The predicted octanol–water partition coefficient (Wildman–Crippen LogP) is 4.34. The summed E-state index contributed by atoms with van der Waals surface area (Å²) < 4.78 is 39.0. The van der Waals surface area contributed by atoms with Crippen LogP contribution in [0.1, 0.15) is 27.0 Å². The van der Waals surface area contributed by atoms with E-state index in [0.717, 1.165) is 17.6 Å². The van der Waals surface area contributed by atoms with Crippen molar-refractivity contribution in [3.8, 4) is 28.3 Å². The van der Waals surface area contributed by atoms with Crippen molar-refractivity contribution in [2.24, 2.45) is 0 Å². The number of rotatable bonds is 5. The monoisotopic (exact) mass is 428 g/mol.